The third kappa shape index (κ3) is 4.46. The Morgan fingerprint density at radius 1 is 1.29 bits per heavy atom. The summed E-state index contributed by atoms with van der Waals surface area (Å²) in [4.78, 5) is 2.46. The minimum Gasteiger partial charge on any atom is -0.497 e. The average Bonchev–Trinajstić information content (AvgIpc) is 2.72. The normalized spacial score (nSPS) is 20.1. The monoisotopic (exact) mass is 291 g/mol. The summed E-state index contributed by atoms with van der Waals surface area (Å²) in [5, 5.41) is 18.9. The maximum atomic E-state index is 9.44. The first-order chi connectivity index (χ1) is 10.1. The largest absolute Gasteiger partial charge is 0.497 e. The molecule has 116 valence electrons. The maximum absolute atomic E-state index is 9.44. The van der Waals surface area contributed by atoms with Crippen molar-refractivity contribution in [2.45, 2.75) is 39.2 Å². The second kappa shape index (κ2) is 7.83. The Morgan fingerprint density at radius 2 is 2.10 bits per heavy atom. The molecule has 0 saturated carbocycles. The lowest BCUT2D eigenvalue weighted by atomic mass is 9.78. The van der Waals surface area contributed by atoms with Crippen LogP contribution >= 0.6 is 0 Å². The van der Waals surface area contributed by atoms with Crippen molar-refractivity contribution in [1.82, 2.24) is 4.90 Å². The van der Waals surface area contributed by atoms with Crippen LogP contribution < -0.4 is 10.2 Å². The van der Waals surface area contributed by atoms with Gasteiger partial charge in [0.1, 0.15) is 5.75 Å². The molecule has 1 heterocycles. The van der Waals surface area contributed by atoms with Crippen LogP contribution in [0.1, 0.15) is 38.2 Å². The van der Waals surface area contributed by atoms with E-state index in [9.17, 15) is 10.0 Å². The van der Waals surface area contributed by atoms with Gasteiger partial charge in [0.2, 0.25) is 0 Å². The van der Waals surface area contributed by atoms with Crippen molar-refractivity contribution >= 4 is 12.6 Å². The summed E-state index contributed by atoms with van der Waals surface area (Å²) in [5.74, 6) is 1.39. The minimum absolute atomic E-state index is 0.441. The summed E-state index contributed by atoms with van der Waals surface area (Å²) in [5.41, 5.74) is 1.55. The summed E-state index contributed by atoms with van der Waals surface area (Å²) in [6.45, 7) is 5.39. The molecule has 1 saturated heterocycles. The van der Waals surface area contributed by atoms with E-state index in [1.165, 1.54) is 25.7 Å². The van der Waals surface area contributed by atoms with E-state index in [1.54, 1.807) is 7.11 Å². The van der Waals surface area contributed by atoms with E-state index in [-0.39, 0.29) is 0 Å². The van der Waals surface area contributed by atoms with Gasteiger partial charge in [0.05, 0.1) is 7.11 Å². The van der Waals surface area contributed by atoms with Crippen molar-refractivity contribution in [2.75, 3.05) is 20.2 Å². The van der Waals surface area contributed by atoms with Gasteiger partial charge < -0.3 is 14.8 Å². The van der Waals surface area contributed by atoms with Gasteiger partial charge in [-0.05, 0) is 49.9 Å². The predicted octanol–water partition coefficient (Wildman–Crippen LogP) is 1.39. The first kappa shape index (κ1) is 16.3. The molecule has 1 atom stereocenters. The molecule has 1 aromatic carbocycles. The van der Waals surface area contributed by atoms with Crippen LogP contribution in [0.2, 0.25) is 0 Å². The van der Waals surface area contributed by atoms with E-state index in [2.05, 4.69) is 11.8 Å². The Bertz CT molecular complexity index is 453. The molecular formula is C16H26BNO3. The highest BCUT2D eigenvalue weighted by Gasteiger charge is 2.19. The van der Waals surface area contributed by atoms with E-state index in [1.807, 2.05) is 18.2 Å². The Balaban J connectivity index is 2.04. The van der Waals surface area contributed by atoms with E-state index in [4.69, 9.17) is 4.74 Å². The molecule has 0 radical (unpaired) electrons. The summed E-state index contributed by atoms with van der Waals surface area (Å²) >= 11 is 0. The van der Waals surface area contributed by atoms with Gasteiger partial charge in [-0.2, -0.15) is 0 Å². The molecule has 1 aromatic rings. The summed E-state index contributed by atoms with van der Waals surface area (Å²) in [7, 11) is 0.0501. The molecule has 4 nitrogen and oxygen atoms in total. The van der Waals surface area contributed by atoms with Gasteiger partial charge in [0.15, 0.2) is 0 Å². The molecule has 0 aromatic heterocycles. The van der Waals surface area contributed by atoms with Crippen molar-refractivity contribution in [2.24, 2.45) is 5.92 Å². The van der Waals surface area contributed by atoms with Gasteiger partial charge in [-0.25, -0.2) is 0 Å². The molecule has 1 fully saturated rings. The van der Waals surface area contributed by atoms with Crippen LogP contribution in [0.5, 0.6) is 5.75 Å². The molecule has 2 N–H and O–H groups in total. The number of likely N-dealkylation sites (tertiary alicyclic amines) is 1. The molecule has 0 bridgehead atoms. The zero-order valence-electron chi connectivity index (χ0n) is 13.1. The molecular weight excluding hydrogens is 265 g/mol. The van der Waals surface area contributed by atoms with Crippen molar-refractivity contribution in [1.29, 1.82) is 0 Å². The molecule has 0 amide bonds. The quantitative estimate of drug-likeness (QED) is 0.805. The number of ether oxygens (including phenoxy) is 1. The van der Waals surface area contributed by atoms with Gasteiger partial charge in [-0.15, -0.1) is 0 Å². The molecule has 1 aliphatic rings. The molecule has 1 unspecified atom stereocenters. The Morgan fingerprint density at radius 3 is 2.76 bits per heavy atom. The van der Waals surface area contributed by atoms with Crippen LogP contribution in [-0.4, -0.2) is 42.3 Å². The fourth-order valence-electron chi connectivity index (χ4n) is 3.13. The van der Waals surface area contributed by atoms with Gasteiger partial charge in [0.25, 0.3) is 0 Å². The third-order valence-corrected chi connectivity index (χ3v) is 4.50. The smallest absolute Gasteiger partial charge is 0.492 e. The highest BCUT2D eigenvalue weighted by Crippen LogP contribution is 2.21. The van der Waals surface area contributed by atoms with Crippen LogP contribution in [0.25, 0.3) is 0 Å². The van der Waals surface area contributed by atoms with Crippen molar-refractivity contribution in [3.05, 3.63) is 23.8 Å². The number of benzene rings is 1. The van der Waals surface area contributed by atoms with E-state index in [0.717, 1.165) is 31.1 Å². The lowest BCUT2D eigenvalue weighted by Gasteiger charge is -2.21. The topological polar surface area (TPSA) is 52.9 Å². The number of hydrogen-bond acceptors (Lipinski definition) is 4. The molecule has 0 aliphatic carbocycles. The highest BCUT2D eigenvalue weighted by molar-refractivity contribution is 6.59. The first-order valence-corrected chi connectivity index (χ1v) is 7.89. The third-order valence-electron chi connectivity index (χ3n) is 4.50. The van der Waals surface area contributed by atoms with Crippen molar-refractivity contribution in [3.63, 3.8) is 0 Å². The van der Waals surface area contributed by atoms with E-state index in [0.29, 0.717) is 11.2 Å². The SMILES string of the molecule is CCC1CCCN(Cc2ccc(OC)c(B(O)O)c2)CC1. The number of nitrogens with zero attached hydrogens (tertiary/aromatic N) is 1. The Labute approximate surface area is 127 Å². The van der Waals surface area contributed by atoms with Gasteiger partial charge >= 0.3 is 7.12 Å². The van der Waals surface area contributed by atoms with Crippen LogP contribution in [-0.2, 0) is 6.54 Å². The molecule has 21 heavy (non-hydrogen) atoms. The molecule has 1 aliphatic heterocycles. The highest BCUT2D eigenvalue weighted by atomic mass is 16.5. The van der Waals surface area contributed by atoms with Gasteiger partial charge in [-0.3, -0.25) is 4.90 Å². The van der Waals surface area contributed by atoms with Crippen LogP contribution in [0, 0.1) is 5.92 Å². The maximum Gasteiger partial charge on any atom is 0.492 e. The number of hydrogen-bond donors (Lipinski definition) is 2. The fourth-order valence-corrected chi connectivity index (χ4v) is 3.13. The van der Waals surface area contributed by atoms with Crippen molar-refractivity contribution < 1.29 is 14.8 Å². The second-order valence-corrected chi connectivity index (χ2v) is 5.93. The molecule has 2 rings (SSSR count). The van der Waals surface area contributed by atoms with E-state index < -0.39 is 7.12 Å². The van der Waals surface area contributed by atoms with Gasteiger partial charge in [-0.1, -0.05) is 25.5 Å². The number of methoxy groups -OCH3 is 1. The van der Waals surface area contributed by atoms with Crippen LogP contribution in [0.4, 0.5) is 0 Å². The minimum atomic E-state index is -1.49. The Kier molecular flexibility index (Phi) is 6.09. The summed E-state index contributed by atoms with van der Waals surface area (Å²) < 4.78 is 5.17. The summed E-state index contributed by atoms with van der Waals surface area (Å²) in [6, 6.07) is 5.66. The molecule has 5 heteroatoms. The fraction of sp³-hybridized carbons (Fsp3) is 0.625. The first-order valence-electron chi connectivity index (χ1n) is 7.89. The zero-order chi connectivity index (χ0) is 15.2. The lowest BCUT2D eigenvalue weighted by molar-refractivity contribution is 0.272. The predicted molar refractivity (Wildman–Crippen MR) is 85.7 cm³/mol. The average molecular weight is 291 g/mol. The zero-order valence-corrected chi connectivity index (χ0v) is 13.1. The summed E-state index contributed by atoms with van der Waals surface area (Å²) in [6.07, 6.45) is 5.12. The number of rotatable bonds is 5. The second-order valence-electron chi connectivity index (χ2n) is 5.93. The van der Waals surface area contributed by atoms with E-state index >= 15 is 0 Å². The van der Waals surface area contributed by atoms with Gasteiger partial charge in [0, 0.05) is 12.0 Å². The lowest BCUT2D eigenvalue weighted by Crippen LogP contribution is -2.32. The Hall–Kier alpha value is -1.04. The van der Waals surface area contributed by atoms with Crippen molar-refractivity contribution in [3.8, 4) is 5.75 Å². The van der Waals surface area contributed by atoms with Crippen LogP contribution in [0.3, 0.4) is 0 Å². The molecule has 0 spiro atoms. The standard InChI is InChI=1S/C16H26BNO3/c1-3-13-5-4-9-18(10-8-13)12-14-6-7-16(21-2)15(11-14)17(19)20/h6-7,11,13,19-20H,3-5,8-10,12H2,1-2H3. The van der Waals surface area contributed by atoms with Crippen LogP contribution in [0.15, 0.2) is 18.2 Å².